The fourth-order valence-corrected chi connectivity index (χ4v) is 4.46. The lowest BCUT2D eigenvalue weighted by molar-refractivity contribution is -0.184. The lowest BCUT2D eigenvalue weighted by Crippen LogP contribution is -2.39. The van der Waals surface area contributed by atoms with Crippen molar-refractivity contribution in [3.8, 4) is 34.8 Å². The molecule has 1 aliphatic rings. The SMILES string of the molecule is COc1ccc(C(N2CCC(C#N)(COc3ccc(-c4ccc(C#N)cc4)cc3)C2)C(F)(F)F)cc1. The van der Waals surface area contributed by atoms with Crippen LogP contribution < -0.4 is 9.47 Å². The molecule has 8 heteroatoms. The van der Waals surface area contributed by atoms with Crippen molar-refractivity contribution in [2.75, 3.05) is 26.8 Å². The Morgan fingerprint density at radius 2 is 1.50 bits per heavy atom. The molecule has 4 rings (SSSR count). The zero-order chi connectivity index (χ0) is 25.8. The van der Waals surface area contributed by atoms with Gasteiger partial charge in [-0.05, 0) is 59.5 Å². The van der Waals surface area contributed by atoms with Gasteiger partial charge in [0, 0.05) is 13.1 Å². The first-order chi connectivity index (χ1) is 17.3. The number of methoxy groups -OCH3 is 1. The van der Waals surface area contributed by atoms with Crippen LogP contribution in [0.5, 0.6) is 11.5 Å². The number of hydrogen-bond acceptors (Lipinski definition) is 5. The van der Waals surface area contributed by atoms with Crippen LogP contribution in [0, 0.1) is 28.1 Å². The predicted molar refractivity (Wildman–Crippen MR) is 128 cm³/mol. The van der Waals surface area contributed by atoms with Crippen molar-refractivity contribution in [2.24, 2.45) is 5.41 Å². The van der Waals surface area contributed by atoms with Crippen LogP contribution in [0.15, 0.2) is 72.8 Å². The Bertz CT molecular complexity index is 1260. The number of rotatable bonds is 7. The van der Waals surface area contributed by atoms with Crippen LogP contribution >= 0.6 is 0 Å². The van der Waals surface area contributed by atoms with Crippen molar-refractivity contribution in [1.82, 2.24) is 4.90 Å². The van der Waals surface area contributed by atoms with E-state index < -0.39 is 17.6 Å². The molecule has 1 fully saturated rings. The standard InChI is InChI=1S/C28H24F3N3O2/c1-35-24-10-8-23(9-11-24)26(28(29,30)31)34-15-14-27(17-33,18-34)19-36-25-12-6-22(7-13-25)21-4-2-20(16-32)3-5-21/h2-13,26H,14-15,18-19H2,1H3. The van der Waals surface area contributed by atoms with Gasteiger partial charge in [0.2, 0.25) is 0 Å². The maximum Gasteiger partial charge on any atom is 0.408 e. The minimum atomic E-state index is -4.50. The van der Waals surface area contributed by atoms with Crippen molar-refractivity contribution in [1.29, 1.82) is 10.5 Å². The maximum absolute atomic E-state index is 14.1. The quantitative estimate of drug-likeness (QED) is 0.398. The fraction of sp³-hybridized carbons (Fsp3) is 0.286. The molecule has 36 heavy (non-hydrogen) atoms. The Hall–Kier alpha value is -4.01. The summed E-state index contributed by atoms with van der Waals surface area (Å²) in [5.74, 6) is 1.01. The van der Waals surface area contributed by atoms with E-state index in [0.29, 0.717) is 17.1 Å². The molecule has 0 spiro atoms. The monoisotopic (exact) mass is 491 g/mol. The number of ether oxygens (including phenoxy) is 2. The second kappa shape index (κ2) is 10.3. The Kier molecular flexibility index (Phi) is 7.19. The summed E-state index contributed by atoms with van der Waals surface area (Å²) in [4.78, 5) is 1.31. The van der Waals surface area contributed by atoms with E-state index >= 15 is 0 Å². The van der Waals surface area contributed by atoms with Crippen LogP contribution in [0.2, 0.25) is 0 Å². The molecule has 184 valence electrons. The highest BCUT2D eigenvalue weighted by atomic mass is 19.4. The summed E-state index contributed by atoms with van der Waals surface area (Å²) in [5, 5.41) is 18.8. The molecule has 0 saturated carbocycles. The highest BCUT2D eigenvalue weighted by Crippen LogP contribution is 2.43. The molecule has 1 heterocycles. The number of alkyl halides is 3. The summed E-state index contributed by atoms with van der Waals surface area (Å²) < 4.78 is 53.1. The molecule has 5 nitrogen and oxygen atoms in total. The van der Waals surface area contributed by atoms with Crippen molar-refractivity contribution in [3.63, 3.8) is 0 Å². The Balaban J connectivity index is 1.44. The minimum Gasteiger partial charge on any atom is -0.497 e. The Morgan fingerprint density at radius 1 is 0.917 bits per heavy atom. The summed E-state index contributed by atoms with van der Waals surface area (Å²) in [7, 11) is 1.46. The molecule has 0 radical (unpaired) electrons. The summed E-state index contributed by atoms with van der Waals surface area (Å²) in [6, 6.07) is 22.8. The van der Waals surface area contributed by atoms with E-state index in [9.17, 15) is 18.4 Å². The van der Waals surface area contributed by atoms with Gasteiger partial charge in [-0.1, -0.05) is 36.4 Å². The molecule has 2 unspecified atom stereocenters. The molecule has 0 aliphatic carbocycles. The average Bonchev–Trinajstić information content (AvgIpc) is 3.31. The summed E-state index contributed by atoms with van der Waals surface area (Å²) >= 11 is 0. The van der Waals surface area contributed by atoms with Crippen LogP contribution in [-0.2, 0) is 0 Å². The van der Waals surface area contributed by atoms with E-state index in [2.05, 4.69) is 12.1 Å². The normalized spacial score (nSPS) is 18.7. The molecule has 1 aliphatic heterocycles. The number of likely N-dealkylation sites (tertiary alicyclic amines) is 1. The summed E-state index contributed by atoms with van der Waals surface area (Å²) in [6.45, 7) is 0.0667. The minimum absolute atomic E-state index is 0.0105. The van der Waals surface area contributed by atoms with Gasteiger partial charge in [-0.2, -0.15) is 23.7 Å². The average molecular weight is 492 g/mol. The van der Waals surface area contributed by atoms with Gasteiger partial charge in [0.15, 0.2) is 0 Å². The molecule has 0 aromatic heterocycles. The van der Waals surface area contributed by atoms with Gasteiger partial charge < -0.3 is 9.47 Å². The molecule has 0 N–H and O–H groups in total. The molecular formula is C28H24F3N3O2. The van der Waals surface area contributed by atoms with Crippen molar-refractivity contribution < 1.29 is 22.6 Å². The molecular weight excluding hydrogens is 467 g/mol. The molecule has 1 saturated heterocycles. The molecule has 0 bridgehead atoms. The molecule has 2 atom stereocenters. The van der Waals surface area contributed by atoms with E-state index in [1.54, 1.807) is 24.3 Å². The number of nitrogens with zero attached hydrogens (tertiary/aromatic N) is 3. The van der Waals surface area contributed by atoms with Crippen LogP contribution in [0.3, 0.4) is 0 Å². The third-order valence-corrected chi connectivity index (χ3v) is 6.44. The zero-order valence-corrected chi connectivity index (χ0v) is 19.6. The van der Waals surface area contributed by atoms with Gasteiger partial charge in [-0.25, -0.2) is 0 Å². The van der Waals surface area contributed by atoms with Crippen LogP contribution in [0.25, 0.3) is 11.1 Å². The van der Waals surface area contributed by atoms with E-state index in [4.69, 9.17) is 14.7 Å². The van der Waals surface area contributed by atoms with Crippen molar-refractivity contribution in [2.45, 2.75) is 18.6 Å². The van der Waals surface area contributed by atoms with Gasteiger partial charge in [0.1, 0.15) is 29.6 Å². The van der Waals surface area contributed by atoms with E-state index in [0.717, 1.165) is 11.1 Å². The third-order valence-electron chi connectivity index (χ3n) is 6.44. The first-order valence-electron chi connectivity index (χ1n) is 11.4. The van der Waals surface area contributed by atoms with Crippen LogP contribution in [-0.4, -0.2) is 37.9 Å². The van der Waals surface area contributed by atoms with E-state index in [1.165, 1.54) is 36.3 Å². The van der Waals surface area contributed by atoms with Gasteiger partial charge in [0.05, 0.1) is 24.8 Å². The lowest BCUT2D eigenvalue weighted by Gasteiger charge is -2.31. The highest BCUT2D eigenvalue weighted by Gasteiger charge is 2.50. The van der Waals surface area contributed by atoms with E-state index in [1.807, 2.05) is 24.3 Å². The molecule has 0 amide bonds. The van der Waals surface area contributed by atoms with Gasteiger partial charge in [0.25, 0.3) is 0 Å². The van der Waals surface area contributed by atoms with Gasteiger partial charge >= 0.3 is 6.18 Å². The van der Waals surface area contributed by atoms with Gasteiger partial charge in [-0.3, -0.25) is 4.90 Å². The van der Waals surface area contributed by atoms with Crippen LogP contribution in [0.1, 0.15) is 23.6 Å². The summed E-state index contributed by atoms with van der Waals surface area (Å²) in [5.41, 5.74) is 1.50. The van der Waals surface area contributed by atoms with Crippen molar-refractivity contribution in [3.05, 3.63) is 83.9 Å². The molecule has 3 aromatic carbocycles. The summed E-state index contributed by atoms with van der Waals surface area (Å²) in [6.07, 6.45) is -4.22. The van der Waals surface area contributed by atoms with Gasteiger partial charge in [-0.15, -0.1) is 0 Å². The number of hydrogen-bond donors (Lipinski definition) is 0. The zero-order valence-electron chi connectivity index (χ0n) is 19.6. The number of halogens is 3. The lowest BCUT2D eigenvalue weighted by atomic mass is 9.90. The third kappa shape index (κ3) is 5.45. The molecule has 3 aromatic rings. The smallest absolute Gasteiger partial charge is 0.408 e. The Labute approximate surface area is 207 Å². The van der Waals surface area contributed by atoms with Crippen molar-refractivity contribution >= 4 is 0 Å². The first-order valence-corrected chi connectivity index (χ1v) is 11.4. The second-order valence-electron chi connectivity index (χ2n) is 8.83. The number of nitriles is 2. The number of benzene rings is 3. The largest absolute Gasteiger partial charge is 0.497 e. The maximum atomic E-state index is 14.1. The Morgan fingerprint density at radius 3 is 2.03 bits per heavy atom. The second-order valence-corrected chi connectivity index (χ2v) is 8.83. The predicted octanol–water partition coefficient (Wildman–Crippen LogP) is 6.13. The fourth-order valence-electron chi connectivity index (χ4n) is 4.46. The van der Waals surface area contributed by atoms with Crippen LogP contribution in [0.4, 0.5) is 13.2 Å². The first kappa shape index (κ1) is 25.1. The topological polar surface area (TPSA) is 69.3 Å². The highest BCUT2D eigenvalue weighted by molar-refractivity contribution is 5.65. The van der Waals surface area contributed by atoms with E-state index in [-0.39, 0.29) is 31.7 Å².